The molecule has 1 aliphatic heterocycles. The summed E-state index contributed by atoms with van der Waals surface area (Å²) in [6, 6.07) is 8.94. The number of nitrogens with one attached hydrogen (secondary N) is 1. The lowest BCUT2D eigenvalue weighted by molar-refractivity contribution is -0.0521. The van der Waals surface area contributed by atoms with Gasteiger partial charge in [-0.25, -0.2) is 9.18 Å². The Kier molecular flexibility index (Phi) is 7.55. The quantitative estimate of drug-likeness (QED) is 0.270. The van der Waals surface area contributed by atoms with Crippen LogP contribution in [0.2, 0.25) is 0 Å². The fraction of sp³-hybridized carbons (Fsp3) is 0.345. The second kappa shape index (κ2) is 11.1. The molecule has 1 aliphatic rings. The topological polar surface area (TPSA) is 89.6 Å². The van der Waals surface area contributed by atoms with Gasteiger partial charge in [0.15, 0.2) is 11.6 Å². The van der Waals surface area contributed by atoms with Crippen LogP contribution in [-0.2, 0) is 4.74 Å². The van der Waals surface area contributed by atoms with Crippen molar-refractivity contribution in [2.75, 3.05) is 13.2 Å². The monoisotopic (exact) mass is 554 g/mol. The van der Waals surface area contributed by atoms with E-state index in [0.29, 0.717) is 45.7 Å². The molecule has 11 heteroatoms. The molecular formula is C29H29F3N4O4. The molecular weight excluding hydrogens is 525 g/mol. The van der Waals surface area contributed by atoms with E-state index in [1.165, 1.54) is 12.1 Å². The number of rotatable bonds is 7. The molecule has 1 amide bonds. The Morgan fingerprint density at radius 3 is 2.77 bits per heavy atom. The number of likely N-dealkylation sites (tertiary alicyclic amines) is 1. The first kappa shape index (κ1) is 27.3. The highest BCUT2D eigenvalue weighted by Crippen LogP contribution is 2.42. The number of aromatic nitrogens is 3. The van der Waals surface area contributed by atoms with Crippen molar-refractivity contribution >= 4 is 17.1 Å². The van der Waals surface area contributed by atoms with Gasteiger partial charge in [-0.1, -0.05) is 6.07 Å². The van der Waals surface area contributed by atoms with Crippen LogP contribution in [0, 0.1) is 5.82 Å². The molecule has 40 heavy (non-hydrogen) atoms. The van der Waals surface area contributed by atoms with Crippen LogP contribution >= 0.6 is 0 Å². The number of carbonyl (C=O) groups excluding carboxylic acids is 1. The highest BCUT2D eigenvalue weighted by Gasteiger charge is 2.33. The minimum Gasteiger partial charge on any atom is -0.489 e. The molecule has 1 fully saturated rings. The van der Waals surface area contributed by atoms with E-state index in [4.69, 9.17) is 9.47 Å². The summed E-state index contributed by atoms with van der Waals surface area (Å²) in [6.07, 6.45) is 5.99. The zero-order valence-corrected chi connectivity index (χ0v) is 22.3. The highest BCUT2D eigenvalue weighted by molar-refractivity contribution is 6.02. The Morgan fingerprint density at radius 2 is 2.00 bits per heavy atom. The summed E-state index contributed by atoms with van der Waals surface area (Å²) in [5, 5.41) is 0. The zero-order valence-electron chi connectivity index (χ0n) is 22.3. The molecule has 4 aromatic rings. The average molecular weight is 555 g/mol. The maximum atomic E-state index is 14.3. The molecule has 1 aromatic carbocycles. The number of ether oxygens (including phenoxy) is 3. The number of pyridine rings is 2. The van der Waals surface area contributed by atoms with Crippen molar-refractivity contribution in [3.05, 3.63) is 60.8 Å². The van der Waals surface area contributed by atoms with E-state index in [9.17, 15) is 18.0 Å². The first-order valence-electron chi connectivity index (χ1n) is 12.9. The van der Waals surface area contributed by atoms with Crippen molar-refractivity contribution in [1.82, 2.24) is 19.9 Å². The van der Waals surface area contributed by atoms with E-state index < -0.39 is 23.8 Å². The molecule has 0 saturated carbocycles. The smallest absolute Gasteiger partial charge is 0.410 e. The van der Waals surface area contributed by atoms with E-state index in [2.05, 4.69) is 19.7 Å². The van der Waals surface area contributed by atoms with Crippen LogP contribution in [-0.4, -0.2) is 57.4 Å². The third kappa shape index (κ3) is 5.83. The van der Waals surface area contributed by atoms with Crippen LogP contribution in [0.25, 0.3) is 33.4 Å². The third-order valence-electron chi connectivity index (χ3n) is 6.48. The maximum absolute atomic E-state index is 14.3. The van der Waals surface area contributed by atoms with Crippen LogP contribution < -0.4 is 9.47 Å². The van der Waals surface area contributed by atoms with Gasteiger partial charge in [0, 0.05) is 30.1 Å². The van der Waals surface area contributed by atoms with Crippen molar-refractivity contribution in [1.29, 1.82) is 0 Å². The summed E-state index contributed by atoms with van der Waals surface area (Å²) < 4.78 is 56.3. The summed E-state index contributed by atoms with van der Waals surface area (Å²) in [4.78, 5) is 26.5. The molecule has 0 spiro atoms. The Bertz CT molecular complexity index is 1520. The molecule has 5 rings (SSSR count). The molecule has 1 saturated heterocycles. The van der Waals surface area contributed by atoms with E-state index in [1.807, 2.05) is 26.8 Å². The summed E-state index contributed by atoms with van der Waals surface area (Å²) in [7, 11) is 0. The number of H-pyrrole nitrogens is 1. The van der Waals surface area contributed by atoms with E-state index >= 15 is 0 Å². The maximum Gasteiger partial charge on any atom is 0.410 e. The number of hydrogen-bond donors (Lipinski definition) is 1. The van der Waals surface area contributed by atoms with Gasteiger partial charge in [-0.2, -0.15) is 8.78 Å². The third-order valence-corrected chi connectivity index (χ3v) is 6.48. The number of carbonyl (C=O) groups is 1. The lowest BCUT2D eigenvalue weighted by atomic mass is 10.00. The van der Waals surface area contributed by atoms with Crippen molar-refractivity contribution < 1.29 is 32.2 Å². The van der Waals surface area contributed by atoms with Gasteiger partial charge in [0.05, 0.1) is 29.0 Å². The van der Waals surface area contributed by atoms with Crippen molar-refractivity contribution in [2.45, 2.75) is 51.9 Å². The summed E-state index contributed by atoms with van der Waals surface area (Å²) in [6.45, 7) is 3.09. The van der Waals surface area contributed by atoms with Gasteiger partial charge in [-0.3, -0.25) is 9.97 Å². The van der Waals surface area contributed by atoms with Gasteiger partial charge in [-0.15, -0.1) is 0 Å². The number of halogens is 3. The number of benzene rings is 1. The largest absolute Gasteiger partial charge is 0.489 e. The number of amides is 1. The lowest BCUT2D eigenvalue weighted by Crippen LogP contribution is -2.42. The van der Waals surface area contributed by atoms with Crippen LogP contribution in [0.1, 0.15) is 33.6 Å². The Morgan fingerprint density at radius 1 is 1.18 bits per heavy atom. The second-order valence-corrected chi connectivity index (χ2v) is 10.5. The predicted molar refractivity (Wildman–Crippen MR) is 143 cm³/mol. The van der Waals surface area contributed by atoms with Gasteiger partial charge in [-0.05, 0) is 69.5 Å². The zero-order chi connectivity index (χ0) is 28.4. The van der Waals surface area contributed by atoms with Crippen molar-refractivity contribution in [2.24, 2.45) is 0 Å². The van der Waals surface area contributed by atoms with E-state index in [1.54, 1.807) is 35.6 Å². The highest BCUT2D eigenvalue weighted by atomic mass is 19.3. The molecule has 0 radical (unpaired) electrons. The first-order chi connectivity index (χ1) is 19.1. The summed E-state index contributed by atoms with van der Waals surface area (Å²) in [5.74, 6) is -1.03. The number of hydrogen-bond acceptors (Lipinski definition) is 6. The number of aromatic amines is 1. The van der Waals surface area contributed by atoms with Crippen LogP contribution in [0.5, 0.6) is 11.5 Å². The van der Waals surface area contributed by atoms with Gasteiger partial charge >= 0.3 is 12.7 Å². The minimum absolute atomic E-state index is 0.182. The molecule has 8 nitrogen and oxygen atoms in total. The van der Waals surface area contributed by atoms with Crippen LogP contribution in [0.3, 0.4) is 0 Å². The Balaban J connectivity index is 1.50. The first-order valence-corrected chi connectivity index (χ1v) is 12.9. The molecule has 1 N–H and O–H groups in total. The molecule has 0 unspecified atom stereocenters. The lowest BCUT2D eigenvalue weighted by Gasteiger charge is -2.28. The van der Waals surface area contributed by atoms with E-state index in [-0.39, 0.29) is 18.7 Å². The summed E-state index contributed by atoms with van der Waals surface area (Å²) in [5.41, 5.74) is 2.82. The van der Waals surface area contributed by atoms with E-state index in [0.717, 1.165) is 18.9 Å². The SMILES string of the molecule is CC(C)(C)OC(=O)N1CCC[C@H]1COc1cnccc1-c1[nH]c2cccnc2c1-c1ccc(F)c(OC(F)F)c1. The van der Waals surface area contributed by atoms with Gasteiger partial charge < -0.3 is 24.1 Å². The minimum atomic E-state index is -3.18. The van der Waals surface area contributed by atoms with Gasteiger partial charge in [0.25, 0.3) is 0 Å². The average Bonchev–Trinajstić information content (AvgIpc) is 3.53. The number of alkyl halides is 2. The Labute approximate surface area is 229 Å². The summed E-state index contributed by atoms with van der Waals surface area (Å²) >= 11 is 0. The van der Waals surface area contributed by atoms with Crippen LogP contribution in [0.4, 0.5) is 18.0 Å². The van der Waals surface area contributed by atoms with Crippen LogP contribution in [0.15, 0.2) is 55.0 Å². The molecule has 4 heterocycles. The van der Waals surface area contributed by atoms with Crippen molar-refractivity contribution in [3.63, 3.8) is 0 Å². The second-order valence-electron chi connectivity index (χ2n) is 10.5. The van der Waals surface area contributed by atoms with Crippen molar-refractivity contribution in [3.8, 4) is 33.9 Å². The normalized spacial score (nSPS) is 15.6. The molecule has 210 valence electrons. The van der Waals surface area contributed by atoms with Gasteiger partial charge in [0.2, 0.25) is 0 Å². The number of fused-ring (bicyclic) bond motifs is 1. The molecule has 0 bridgehead atoms. The standard InChI is InChI=1S/C29H29F3N4O4/c1-29(2,3)40-28(37)36-13-5-6-18(36)16-38-23-15-33-12-10-19(23)25-24(26-21(35-25)7-4-11-34-26)17-8-9-20(30)22(14-17)39-27(31)32/h4,7-12,14-15,18,27,35H,5-6,13,16H2,1-3H3/t18-/m0/s1. The van der Waals surface area contributed by atoms with Gasteiger partial charge in [0.1, 0.15) is 18.0 Å². The molecule has 3 aromatic heterocycles. The fourth-order valence-corrected chi connectivity index (χ4v) is 4.81. The molecule has 0 aliphatic carbocycles. The number of nitrogens with zero attached hydrogens (tertiary/aromatic N) is 3. The Hall–Kier alpha value is -4.28. The fourth-order valence-electron chi connectivity index (χ4n) is 4.81. The predicted octanol–water partition coefficient (Wildman–Crippen LogP) is 6.81. The molecule has 1 atom stereocenters.